The maximum Gasteiger partial charge on any atom is 0.212 e. The lowest BCUT2D eigenvalue weighted by atomic mass is 10.1. The van der Waals surface area contributed by atoms with Gasteiger partial charge in [-0.25, -0.2) is 0 Å². The molecule has 0 amide bonds. The van der Waals surface area contributed by atoms with E-state index >= 15 is 0 Å². The first-order valence-corrected chi connectivity index (χ1v) is 10.9. The Labute approximate surface area is 165 Å². The normalized spacial score (nSPS) is 11.6. The van der Waals surface area contributed by atoms with Crippen LogP contribution in [-0.4, -0.2) is 8.07 Å². The van der Waals surface area contributed by atoms with E-state index in [1.165, 1.54) is 10.9 Å². The zero-order chi connectivity index (χ0) is 17.2. The van der Waals surface area contributed by atoms with Crippen LogP contribution in [0.5, 0.6) is 0 Å². The van der Waals surface area contributed by atoms with Crippen LogP contribution in [0.15, 0.2) is 36.5 Å². The molecule has 1 heterocycles. The van der Waals surface area contributed by atoms with Crippen molar-refractivity contribution < 1.29 is 28.5 Å². The van der Waals surface area contributed by atoms with Gasteiger partial charge >= 0.3 is 0 Å². The van der Waals surface area contributed by atoms with E-state index < -0.39 is 8.07 Å². The Morgan fingerprint density at radius 1 is 0.917 bits per heavy atom. The van der Waals surface area contributed by atoms with Crippen LogP contribution in [-0.2, 0) is 7.05 Å². The van der Waals surface area contributed by atoms with Gasteiger partial charge in [-0.1, -0.05) is 59.6 Å². The highest BCUT2D eigenvalue weighted by molar-refractivity contribution is 6.90. The van der Waals surface area contributed by atoms with Crippen LogP contribution in [0.1, 0.15) is 47.1 Å². The molecule has 0 atom stereocenters. The zero-order valence-electron chi connectivity index (χ0n) is 16.0. The molecule has 2 rings (SSSR count). The van der Waals surface area contributed by atoms with E-state index in [4.69, 9.17) is 0 Å². The van der Waals surface area contributed by atoms with Crippen molar-refractivity contribution >= 4 is 19.0 Å². The first-order chi connectivity index (χ1) is 10.8. The van der Waals surface area contributed by atoms with Crippen LogP contribution < -0.4 is 28.5 Å². The Hall–Kier alpha value is -0.863. The summed E-state index contributed by atoms with van der Waals surface area (Å²) in [5, 5.41) is 1.26. The third kappa shape index (κ3) is 4.03. The molecule has 0 unspecified atom stereocenters. The number of nitrogens with zero attached hydrogens (tertiary/aromatic N) is 1. The van der Waals surface area contributed by atoms with Gasteiger partial charge in [-0.3, -0.25) is 0 Å². The maximum atomic E-state index is 3.82. The van der Waals surface area contributed by atoms with Gasteiger partial charge in [0.1, 0.15) is 15.1 Å². The Bertz CT molecular complexity index is 731. The van der Waals surface area contributed by atoms with Crippen molar-refractivity contribution in [2.75, 3.05) is 0 Å². The third-order valence-corrected chi connectivity index (χ3v) is 11.5. The molecule has 3 heteroatoms. The molecule has 130 valence electrons. The molecule has 0 spiro atoms. The number of halogens is 1. The summed E-state index contributed by atoms with van der Waals surface area (Å²) in [5.74, 6) is 3.55. The summed E-state index contributed by atoms with van der Waals surface area (Å²) in [6.07, 6.45) is 2.16. The molecule has 1 aromatic heterocycles. The lowest BCUT2D eigenvalue weighted by molar-refractivity contribution is -0.645. The average Bonchev–Trinajstić information content (AvgIpc) is 2.46. The van der Waals surface area contributed by atoms with Crippen LogP contribution in [0, 0.1) is 11.5 Å². The molecule has 1 nitrogen and oxygen atoms in total. The lowest BCUT2D eigenvalue weighted by Crippen LogP contribution is -3.00. The smallest absolute Gasteiger partial charge is 0.212 e. The summed E-state index contributed by atoms with van der Waals surface area (Å²) in [6, 6.07) is 10.7. The first kappa shape index (κ1) is 21.2. The minimum atomic E-state index is -1.67. The zero-order valence-corrected chi connectivity index (χ0v) is 19.2. The number of para-hydroxylation sites is 1. The molecule has 2 aromatic rings. The summed E-state index contributed by atoms with van der Waals surface area (Å²) >= 11 is 0. The Morgan fingerprint density at radius 2 is 1.46 bits per heavy atom. The molecule has 0 bridgehead atoms. The molecule has 0 fully saturated rings. The van der Waals surface area contributed by atoms with Gasteiger partial charge in [0, 0.05) is 11.5 Å². The van der Waals surface area contributed by atoms with E-state index in [1.54, 1.807) is 0 Å². The Morgan fingerprint density at radius 3 is 2.00 bits per heavy atom. The number of hydrogen-bond donors (Lipinski definition) is 0. The lowest BCUT2D eigenvalue weighted by Gasteiger charge is -2.38. The average molecular weight is 451 g/mol. The van der Waals surface area contributed by atoms with Crippen molar-refractivity contribution in [2.24, 2.45) is 7.05 Å². The van der Waals surface area contributed by atoms with E-state index in [2.05, 4.69) is 101 Å². The number of pyridine rings is 1. The molecule has 1 aromatic carbocycles. The number of benzene rings is 1. The predicted octanol–water partition coefficient (Wildman–Crippen LogP) is 2.24. The second kappa shape index (κ2) is 8.49. The number of fused-ring (bicyclic) bond motifs is 1. The van der Waals surface area contributed by atoms with Crippen molar-refractivity contribution in [3.05, 3.63) is 42.1 Å². The van der Waals surface area contributed by atoms with E-state index in [9.17, 15) is 0 Å². The Kier molecular flexibility index (Phi) is 7.49. The van der Waals surface area contributed by atoms with Crippen molar-refractivity contribution in [2.45, 2.75) is 58.2 Å². The highest BCUT2D eigenvalue weighted by atomic mass is 127. The molecule has 0 N–H and O–H groups in total. The summed E-state index contributed by atoms with van der Waals surface area (Å²) in [4.78, 5) is 0. The van der Waals surface area contributed by atoms with Crippen LogP contribution in [0.4, 0.5) is 0 Å². The molecule has 0 saturated heterocycles. The summed E-state index contributed by atoms with van der Waals surface area (Å²) in [5.41, 5.74) is 8.20. The summed E-state index contributed by atoms with van der Waals surface area (Å²) in [6.45, 7) is 14.2. The second-order valence-electron chi connectivity index (χ2n) is 7.55. The van der Waals surface area contributed by atoms with Crippen LogP contribution >= 0.6 is 0 Å². The van der Waals surface area contributed by atoms with E-state index in [0.29, 0.717) is 16.6 Å². The van der Waals surface area contributed by atoms with E-state index in [-0.39, 0.29) is 24.0 Å². The van der Waals surface area contributed by atoms with Gasteiger partial charge < -0.3 is 24.0 Å². The van der Waals surface area contributed by atoms with Gasteiger partial charge in [-0.15, -0.1) is 5.54 Å². The third-order valence-electron chi connectivity index (χ3n) is 5.25. The first-order valence-electron chi connectivity index (χ1n) is 8.70. The van der Waals surface area contributed by atoms with Gasteiger partial charge in [-0.05, 0) is 28.8 Å². The molecular formula is C21H30INSi. The van der Waals surface area contributed by atoms with Crippen molar-refractivity contribution in [1.29, 1.82) is 0 Å². The molecular weight excluding hydrogens is 421 g/mol. The predicted molar refractivity (Wildman–Crippen MR) is 103 cm³/mol. The Balaban J connectivity index is 0.00000288. The van der Waals surface area contributed by atoms with Gasteiger partial charge in [0.15, 0.2) is 6.20 Å². The van der Waals surface area contributed by atoms with Gasteiger partial charge in [0.2, 0.25) is 5.52 Å². The molecule has 0 aliphatic rings. The van der Waals surface area contributed by atoms with Crippen molar-refractivity contribution in [1.82, 2.24) is 0 Å². The molecule has 0 saturated carbocycles. The largest absolute Gasteiger partial charge is 1.00 e. The standard InChI is InChI=1S/C21H30NSi.HI/c1-16(2)23(17(3)4,18(5)6)13-12-19-14-20-10-8-9-11-21(20)22(7)15-19;/h8-11,14-18H,1-7H3;1H/q+1;/p-1. The summed E-state index contributed by atoms with van der Waals surface area (Å²) in [7, 11) is 0.437. The SMILES string of the molecule is CC(C)[Si](C#Cc1cc2ccccc2[n+](C)c1)(C(C)C)C(C)C.[I-]. The van der Waals surface area contributed by atoms with Gasteiger partial charge in [0.05, 0.1) is 5.56 Å². The quantitative estimate of drug-likeness (QED) is 0.292. The maximum absolute atomic E-state index is 3.82. The van der Waals surface area contributed by atoms with Crippen molar-refractivity contribution in [3.8, 4) is 11.5 Å². The number of aromatic nitrogens is 1. The van der Waals surface area contributed by atoms with Crippen molar-refractivity contribution in [3.63, 3.8) is 0 Å². The second-order valence-corrected chi connectivity index (χ2v) is 13.1. The minimum absolute atomic E-state index is 0. The van der Waals surface area contributed by atoms with Crippen LogP contribution in [0.3, 0.4) is 0 Å². The number of rotatable bonds is 3. The van der Waals surface area contributed by atoms with Crippen LogP contribution in [0.25, 0.3) is 10.9 Å². The highest BCUT2D eigenvalue weighted by Crippen LogP contribution is 2.40. The van der Waals surface area contributed by atoms with Gasteiger partial charge in [-0.2, -0.15) is 4.57 Å². The van der Waals surface area contributed by atoms with Gasteiger partial charge in [0.25, 0.3) is 0 Å². The highest BCUT2D eigenvalue weighted by Gasteiger charge is 2.41. The molecule has 0 radical (unpaired) electrons. The molecule has 0 aliphatic heterocycles. The number of aryl methyl sites for hydroxylation is 1. The number of hydrogen-bond acceptors (Lipinski definition) is 0. The fourth-order valence-corrected chi connectivity index (χ4v) is 9.32. The van der Waals surface area contributed by atoms with E-state index in [0.717, 1.165) is 5.56 Å². The fraction of sp³-hybridized carbons (Fsp3) is 0.476. The summed E-state index contributed by atoms with van der Waals surface area (Å²) < 4.78 is 2.18. The van der Waals surface area contributed by atoms with E-state index in [1.807, 2.05) is 0 Å². The topological polar surface area (TPSA) is 3.88 Å². The van der Waals surface area contributed by atoms with Crippen LogP contribution in [0.2, 0.25) is 16.6 Å². The molecule has 0 aliphatic carbocycles. The fourth-order valence-electron chi connectivity index (χ4n) is 4.10. The molecule has 24 heavy (non-hydrogen) atoms. The monoisotopic (exact) mass is 451 g/mol. The minimum Gasteiger partial charge on any atom is -1.00 e.